The molecule has 0 saturated carbocycles. The Labute approximate surface area is 91.0 Å². The van der Waals surface area contributed by atoms with Gasteiger partial charge in [0.1, 0.15) is 6.04 Å². The number of hydrogen-bond donors (Lipinski definition) is 1. The zero-order chi connectivity index (χ0) is 10.8. The number of unbranched alkanes of at least 4 members (excludes halogenated alkanes) is 1. The second kappa shape index (κ2) is 9.34. The van der Waals surface area contributed by atoms with E-state index in [1.807, 2.05) is 6.92 Å². The first-order valence-electron chi connectivity index (χ1n) is 5.15. The number of rotatable bonds is 8. The molecule has 14 heavy (non-hydrogen) atoms. The number of carbonyl (C=O) groups is 1. The van der Waals surface area contributed by atoms with E-state index < -0.39 is 0 Å². The first-order valence-corrected chi connectivity index (χ1v) is 6.30. The van der Waals surface area contributed by atoms with E-state index in [0.29, 0.717) is 0 Å². The molecular formula is C10H21NO2S. The quantitative estimate of drug-likeness (QED) is 0.498. The lowest BCUT2D eigenvalue weighted by molar-refractivity contribution is -0.142. The van der Waals surface area contributed by atoms with E-state index >= 15 is 0 Å². The Hall–Kier alpha value is -0.220. The van der Waals surface area contributed by atoms with Gasteiger partial charge in [-0.1, -0.05) is 20.3 Å². The number of hydrogen-bond acceptors (Lipinski definition) is 4. The molecule has 0 bridgehead atoms. The molecule has 0 heterocycles. The van der Waals surface area contributed by atoms with Crippen molar-refractivity contribution in [2.75, 3.05) is 25.2 Å². The van der Waals surface area contributed by atoms with Crippen molar-refractivity contribution < 1.29 is 9.53 Å². The highest BCUT2D eigenvalue weighted by Gasteiger charge is 2.16. The Morgan fingerprint density at radius 3 is 2.71 bits per heavy atom. The maximum absolute atomic E-state index is 11.3. The average molecular weight is 219 g/mol. The van der Waals surface area contributed by atoms with Crippen LogP contribution in [0.25, 0.3) is 0 Å². The summed E-state index contributed by atoms with van der Waals surface area (Å²) < 4.78 is 4.71. The van der Waals surface area contributed by atoms with E-state index in [1.54, 1.807) is 11.8 Å². The molecular weight excluding hydrogens is 198 g/mol. The summed E-state index contributed by atoms with van der Waals surface area (Å²) in [5, 5.41) is 3.11. The SMILES string of the molecule is CCCCSCC(NCC)C(=O)OC. The minimum Gasteiger partial charge on any atom is -0.468 e. The van der Waals surface area contributed by atoms with Crippen LogP contribution in [0, 0.1) is 0 Å². The molecule has 84 valence electrons. The molecule has 0 amide bonds. The van der Waals surface area contributed by atoms with E-state index in [2.05, 4.69) is 12.2 Å². The normalized spacial score (nSPS) is 12.5. The third-order valence-electron chi connectivity index (χ3n) is 1.86. The van der Waals surface area contributed by atoms with Crippen LogP contribution in [0.4, 0.5) is 0 Å². The third-order valence-corrected chi connectivity index (χ3v) is 3.01. The monoisotopic (exact) mass is 219 g/mol. The van der Waals surface area contributed by atoms with Crippen molar-refractivity contribution in [3.63, 3.8) is 0 Å². The van der Waals surface area contributed by atoms with E-state index in [4.69, 9.17) is 4.74 Å². The minimum atomic E-state index is -0.157. The predicted octanol–water partition coefficient (Wildman–Crippen LogP) is 1.67. The van der Waals surface area contributed by atoms with Crippen LogP contribution in [-0.2, 0) is 9.53 Å². The molecule has 0 aliphatic heterocycles. The van der Waals surface area contributed by atoms with Crippen molar-refractivity contribution in [1.82, 2.24) is 5.32 Å². The summed E-state index contributed by atoms with van der Waals surface area (Å²) in [6.45, 7) is 4.96. The van der Waals surface area contributed by atoms with Gasteiger partial charge < -0.3 is 10.1 Å². The van der Waals surface area contributed by atoms with Gasteiger partial charge in [0.15, 0.2) is 0 Å². The summed E-state index contributed by atoms with van der Waals surface area (Å²) in [7, 11) is 1.43. The van der Waals surface area contributed by atoms with Gasteiger partial charge in [-0.15, -0.1) is 0 Å². The van der Waals surface area contributed by atoms with Gasteiger partial charge in [0.2, 0.25) is 0 Å². The van der Waals surface area contributed by atoms with Crippen molar-refractivity contribution in [3.05, 3.63) is 0 Å². The molecule has 0 rings (SSSR count). The highest BCUT2D eigenvalue weighted by molar-refractivity contribution is 7.99. The lowest BCUT2D eigenvalue weighted by Crippen LogP contribution is -2.39. The molecule has 3 nitrogen and oxygen atoms in total. The number of thioether (sulfide) groups is 1. The minimum absolute atomic E-state index is 0.146. The number of likely N-dealkylation sites (N-methyl/N-ethyl adjacent to an activating group) is 1. The lowest BCUT2D eigenvalue weighted by Gasteiger charge is -2.14. The first-order chi connectivity index (χ1) is 6.76. The second-order valence-corrected chi connectivity index (χ2v) is 4.21. The van der Waals surface area contributed by atoms with Crippen LogP contribution in [0.15, 0.2) is 0 Å². The zero-order valence-corrected chi connectivity index (χ0v) is 10.2. The molecule has 1 N–H and O–H groups in total. The molecule has 0 fully saturated rings. The lowest BCUT2D eigenvalue weighted by atomic mass is 10.3. The number of methoxy groups -OCH3 is 1. The fourth-order valence-corrected chi connectivity index (χ4v) is 2.20. The van der Waals surface area contributed by atoms with Crippen LogP contribution >= 0.6 is 11.8 Å². The standard InChI is InChI=1S/C10H21NO2S/c1-4-6-7-14-8-9(11-5-2)10(12)13-3/h9,11H,4-8H2,1-3H3. The van der Waals surface area contributed by atoms with E-state index in [-0.39, 0.29) is 12.0 Å². The summed E-state index contributed by atoms with van der Waals surface area (Å²) in [6, 6.07) is -0.146. The average Bonchev–Trinajstić information content (AvgIpc) is 2.21. The molecule has 0 aliphatic rings. The number of ether oxygens (including phenoxy) is 1. The van der Waals surface area contributed by atoms with Crippen LogP contribution in [0.1, 0.15) is 26.7 Å². The largest absolute Gasteiger partial charge is 0.468 e. The third kappa shape index (κ3) is 6.27. The van der Waals surface area contributed by atoms with Crippen LogP contribution < -0.4 is 5.32 Å². The van der Waals surface area contributed by atoms with Crippen LogP contribution in [0.3, 0.4) is 0 Å². The summed E-state index contributed by atoms with van der Waals surface area (Å²) in [5.74, 6) is 1.77. The van der Waals surface area contributed by atoms with Crippen molar-refractivity contribution in [2.45, 2.75) is 32.7 Å². The van der Waals surface area contributed by atoms with Gasteiger partial charge in [0.05, 0.1) is 7.11 Å². The van der Waals surface area contributed by atoms with Gasteiger partial charge in [-0.05, 0) is 18.7 Å². The predicted molar refractivity (Wildman–Crippen MR) is 61.7 cm³/mol. The smallest absolute Gasteiger partial charge is 0.323 e. The molecule has 0 aromatic carbocycles. The number of esters is 1. The molecule has 0 spiro atoms. The van der Waals surface area contributed by atoms with E-state index in [0.717, 1.165) is 18.1 Å². The van der Waals surface area contributed by atoms with Gasteiger partial charge in [-0.2, -0.15) is 11.8 Å². The van der Waals surface area contributed by atoms with Gasteiger partial charge in [0, 0.05) is 5.75 Å². The maximum atomic E-state index is 11.3. The summed E-state index contributed by atoms with van der Waals surface area (Å²) in [5.41, 5.74) is 0. The first kappa shape index (κ1) is 13.8. The Bertz CT molecular complexity index is 153. The molecule has 4 heteroatoms. The van der Waals surface area contributed by atoms with Crippen molar-refractivity contribution >= 4 is 17.7 Å². The molecule has 0 aromatic heterocycles. The highest BCUT2D eigenvalue weighted by Crippen LogP contribution is 2.07. The second-order valence-electron chi connectivity index (χ2n) is 3.06. The highest BCUT2D eigenvalue weighted by atomic mass is 32.2. The topological polar surface area (TPSA) is 38.3 Å². The van der Waals surface area contributed by atoms with E-state index in [1.165, 1.54) is 20.0 Å². The molecule has 0 saturated heterocycles. The Morgan fingerprint density at radius 2 is 2.21 bits per heavy atom. The fourth-order valence-electron chi connectivity index (χ4n) is 1.05. The Morgan fingerprint density at radius 1 is 1.50 bits per heavy atom. The Balaban J connectivity index is 3.67. The van der Waals surface area contributed by atoms with Crippen LogP contribution in [-0.4, -0.2) is 37.2 Å². The van der Waals surface area contributed by atoms with Crippen molar-refractivity contribution in [3.8, 4) is 0 Å². The molecule has 1 unspecified atom stereocenters. The van der Waals surface area contributed by atoms with Gasteiger partial charge in [0.25, 0.3) is 0 Å². The summed E-state index contributed by atoms with van der Waals surface area (Å²) >= 11 is 1.81. The maximum Gasteiger partial charge on any atom is 0.323 e. The molecule has 0 aromatic rings. The summed E-state index contributed by atoms with van der Waals surface area (Å²) in [4.78, 5) is 11.3. The van der Waals surface area contributed by atoms with Gasteiger partial charge >= 0.3 is 5.97 Å². The zero-order valence-electron chi connectivity index (χ0n) is 9.34. The van der Waals surface area contributed by atoms with E-state index in [9.17, 15) is 4.79 Å². The number of nitrogens with one attached hydrogen (secondary N) is 1. The molecule has 0 radical (unpaired) electrons. The van der Waals surface area contributed by atoms with Gasteiger partial charge in [-0.3, -0.25) is 4.79 Å². The fraction of sp³-hybridized carbons (Fsp3) is 0.900. The molecule has 1 atom stereocenters. The van der Waals surface area contributed by atoms with Gasteiger partial charge in [-0.25, -0.2) is 0 Å². The van der Waals surface area contributed by atoms with Crippen LogP contribution in [0.5, 0.6) is 0 Å². The Kier molecular flexibility index (Phi) is 9.19. The van der Waals surface area contributed by atoms with Crippen molar-refractivity contribution in [2.24, 2.45) is 0 Å². The summed E-state index contributed by atoms with van der Waals surface area (Å²) in [6.07, 6.45) is 2.42. The van der Waals surface area contributed by atoms with Crippen LogP contribution in [0.2, 0.25) is 0 Å². The number of carbonyl (C=O) groups excluding carboxylic acids is 1. The molecule has 0 aliphatic carbocycles. The van der Waals surface area contributed by atoms with Crippen molar-refractivity contribution in [1.29, 1.82) is 0 Å².